The third kappa shape index (κ3) is 4.07. The summed E-state index contributed by atoms with van der Waals surface area (Å²) in [6.07, 6.45) is 9.11. The van der Waals surface area contributed by atoms with Crippen molar-refractivity contribution < 1.29 is 0 Å². The van der Waals surface area contributed by atoms with Crippen molar-refractivity contribution in [3.8, 4) is 0 Å². The van der Waals surface area contributed by atoms with Gasteiger partial charge in [0.2, 0.25) is 0 Å². The lowest BCUT2D eigenvalue weighted by atomic mass is 9.86. The van der Waals surface area contributed by atoms with Crippen LogP contribution in [0.4, 0.5) is 0 Å². The van der Waals surface area contributed by atoms with Crippen LogP contribution in [0.15, 0.2) is 29.4 Å². The van der Waals surface area contributed by atoms with Crippen molar-refractivity contribution in [2.75, 3.05) is 13.6 Å². The first kappa shape index (κ1) is 18.4. The van der Waals surface area contributed by atoms with Gasteiger partial charge in [-0.15, -0.1) is 34.2 Å². The number of guanidine groups is 1. The van der Waals surface area contributed by atoms with Gasteiger partial charge in [0.15, 0.2) is 17.4 Å². The van der Waals surface area contributed by atoms with Crippen LogP contribution < -0.4 is 10.6 Å². The molecule has 3 atom stereocenters. The molecule has 4 rings (SSSR count). The molecule has 136 valence electrons. The fourth-order valence-electron chi connectivity index (χ4n) is 4.50. The van der Waals surface area contributed by atoms with Gasteiger partial charge in [0.05, 0.1) is 6.54 Å². The Labute approximate surface area is 165 Å². The number of nitrogens with zero attached hydrogens (tertiary/aromatic N) is 4. The molecule has 3 unspecified atom stereocenters. The maximum atomic E-state index is 4.32. The normalized spacial score (nSPS) is 25.2. The Morgan fingerprint density at radius 1 is 1.24 bits per heavy atom. The molecular weight excluding hydrogens is 427 g/mol. The van der Waals surface area contributed by atoms with E-state index in [0.717, 1.165) is 41.7 Å². The molecule has 2 heterocycles. The van der Waals surface area contributed by atoms with Crippen LogP contribution in [0.25, 0.3) is 5.65 Å². The molecule has 0 aliphatic heterocycles. The van der Waals surface area contributed by atoms with Crippen molar-refractivity contribution in [1.29, 1.82) is 0 Å². The highest BCUT2D eigenvalue weighted by Gasteiger charge is 2.38. The molecule has 0 radical (unpaired) electrons. The first-order chi connectivity index (χ1) is 11.8. The highest BCUT2D eigenvalue weighted by molar-refractivity contribution is 14.0. The zero-order chi connectivity index (χ0) is 16.4. The molecule has 2 aromatic rings. The number of halogens is 1. The van der Waals surface area contributed by atoms with E-state index < -0.39 is 0 Å². The van der Waals surface area contributed by atoms with Crippen molar-refractivity contribution >= 4 is 35.6 Å². The molecule has 2 fully saturated rings. The van der Waals surface area contributed by atoms with Crippen LogP contribution in [-0.2, 0) is 6.54 Å². The van der Waals surface area contributed by atoms with Crippen LogP contribution in [0.1, 0.15) is 37.9 Å². The topological polar surface area (TPSA) is 66.6 Å². The Morgan fingerprint density at radius 3 is 2.92 bits per heavy atom. The zero-order valence-corrected chi connectivity index (χ0v) is 17.0. The second-order valence-corrected chi connectivity index (χ2v) is 7.12. The van der Waals surface area contributed by atoms with Crippen LogP contribution in [0.3, 0.4) is 0 Å². The van der Waals surface area contributed by atoms with Crippen molar-refractivity contribution in [1.82, 2.24) is 25.2 Å². The first-order valence-electron chi connectivity index (χ1n) is 9.06. The number of hydrogen-bond donors (Lipinski definition) is 2. The molecule has 7 heteroatoms. The zero-order valence-electron chi connectivity index (χ0n) is 14.7. The second kappa shape index (κ2) is 8.33. The van der Waals surface area contributed by atoms with E-state index in [2.05, 4.69) is 25.8 Å². The minimum atomic E-state index is 0. The lowest BCUT2D eigenvalue weighted by Gasteiger charge is -2.22. The van der Waals surface area contributed by atoms with Gasteiger partial charge in [-0.1, -0.05) is 12.5 Å². The molecule has 6 nitrogen and oxygen atoms in total. The molecule has 2 aliphatic carbocycles. The summed E-state index contributed by atoms with van der Waals surface area (Å²) < 4.78 is 2.00. The Kier molecular flexibility index (Phi) is 6.14. The summed E-state index contributed by atoms with van der Waals surface area (Å²) in [6.45, 7) is 1.60. The largest absolute Gasteiger partial charge is 0.356 e. The molecule has 2 N–H and O–H groups in total. The number of fused-ring (bicyclic) bond motifs is 3. The van der Waals surface area contributed by atoms with Gasteiger partial charge >= 0.3 is 0 Å². The highest BCUT2D eigenvalue weighted by atomic mass is 127. The van der Waals surface area contributed by atoms with E-state index in [1.807, 2.05) is 35.8 Å². The van der Waals surface area contributed by atoms with Crippen LogP contribution in [0.2, 0.25) is 0 Å². The van der Waals surface area contributed by atoms with Gasteiger partial charge in [-0.25, -0.2) is 0 Å². The first-order valence-corrected chi connectivity index (χ1v) is 9.06. The molecule has 0 saturated heterocycles. The monoisotopic (exact) mass is 454 g/mol. The summed E-state index contributed by atoms with van der Waals surface area (Å²) in [5.74, 6) is 4.68. The SMILES string of the molecule is CN=C(NCCC1CC2CCC1C2)NCc1nnc2ccccn12.I. The lowest BCUT2D eigenvalue weighted by Crippen LogP contribution is -2.38. The number of nitrogens with one attached hydrogen (secondary N) is 2. The average Bonchev–Trinajstić information content (AvgIpc) is 3.33. The molecule has 0 amide bonds. The van der Waals surface area contributed by atoms with Crippen LogP contribution in [-0.4, -0.2) is 34.2 Å². The number of aliphatic imine (C=N–C) groups is 1. The smallest absolute Gasteiger partial charge is 0.191 e. The predicted molar refractivity (Wildman–Crippen MR) is 110 cm³/mol. The van der Waals surface area contributed by atoms with E-state index in [-0.39, 0.29) is 24.0 Å². The molecule has 25 heavy (non-hydrogen) atoms. The van der Waals surface area contributed by atoms with Crippen molar-refractivity contribution in [2.45, 2.75) is 38.6 Å². The third-order valence-electron chi connectivity index (χ3n) is 5.71. The highest BCUT2D eigenvalue weighted by Crippen LogP contribution is 2.49. The van der Waals surface area contributed by atoms with E-state index in [4.69, 9.17) is 0 Å². The van der Waals surface area contributed by atoms with Crippen LogP contribution in [0, 0.1) is 17.8 Å². The van der Waals surface area contributed by atoms with Gasteiger partial charge in [0.25, 0.3) is 0 Å². The Hall–Kier alpha value is -1.38. The molecule has 2 saturated carbocycles. The average molecular weight is 454 g/mol. The standard InChI is InChI=1S/C18H26N6.HI/c1-19-18(20-8-7-15-11-13-5-6-14(15)10-13)21-12-17-23-22-16-4-2-3-9-24(16)17;/h2-4,9,13-15H,5-8,10-12H2,1H3,(H2,19,20,21);1H. The summed E-state index contributed by atoms with van der Waals surface area (Å²) in [7, 11) is 1.81. The number of hydrogen-bond acceptors (Lipinski definition) is 3. The Morgan fingerprint density at radius 2 is 2.16 bits per heavy atom. The van der Waals surface area contributed by atoms with E-state index in [1.54, 1.807) is 0 Å². The van der Waals surface area contributed by atoms with Crippen molar-refractivity contribution in [3.05, 3.63) is 30.2 Å². The van der Waals surface area contributed by atoms with Gasteiger partial charge in [-0.2, -0.15) is 0 Å². The maximum Gasteiger partial charge on any atom is 0.191 e. The number of rotatable bonds is 5. The minimum absolute atomic E-state index is 0. The molecule has 2 aliphatic rings. The number of pyridine rings is 1. The minimum Gasteiger partial charge on any atom is -0.356 e. The second-order valence-electron chi connectivity index (χ2n) is 7.12. The van der Waals surface area contributed by atoms with E-state index >= 15 is 0 Å². The van der Waals surface area contributed by atoms with E-state index in [9.17, 15) is 0 Å². The fourth-order valence-corrected chi connectivity index (χ4v) is 4.50. The van der Waals surface area contributed by atoms with Crippen LogP contribution in [0.5, 0.6) is 0 Å². The quantitative estimate of drug-likeness (QED) is 0.415. The Bertz CT molecular complexity index is 727. The van der Waals surface area contributed by atoms with E-state index in [0.29, 0.717) is 6.54 Å². The van der Waals surface area contributed by atoms with Gasteiger partial charge in [0, 0.05) is 19.8 Å². The summed E-state index contributed by atoms with van der Waals surface area (Å²) >= 11 is 0. The predicted octanol–water partition coefficient (Wildman–Crippen LogP) is 2.84. The van der Waals surface area contributed by atoms with Crippen molar-refractivity contribution in [2.24, 2.45) is 22.7 Å². The maximum absolute atomic E-state index is 4.32. The van der Waals surface area contributed by atoms with Crippen LogP contribution >= 0.6 is 24.0 Å². The fraction of sp³-hybridized carbons (Fsp3) is 0.611. The van der Waals surface area contributed by atoms with E-state index in [1.165, 1.54) is 32.1 Å². The summed E-state index contributed by atoms with van der Waals surface area (Å²) in [6, 6.07) is 5.92. The molecule has 2 aromatic heterocycles. The van der Waals surface area contributed by atoms with Gasteiger partial charge < -0.3 is 10.6 Å². The summed E-state index contributed by atoms with van der Waals surface area (Å²) in [5.41, 5.74) is 0.869. The summed E-state index contributed by atoms with van der Waals surface area (Å²) in [4.78, 5) is 4.32. The van der Waals surface area contributed by atoms with Gasteiger partial charge in [-0.3, -0.25) is 9.39 Å². The van der Waals surface area contributed by atoms with Gasteiger partial charge in [0.1, 0.15) is 0 Å². The molecule has 0 spiro atoms. The third-order valence-corrected chi connectivity index (χ3v) is 5.71. The van der Waals surface area contributed by atoms with Crippen molar-refractivity contribution in [3.63, 3.8) is 0 Å². The molecular formula is C18H27IN6. The van der Waals surface area contributed by atoms with Gasteiger partial charge in [-0.05, 0) is 55.6 Å². The Balaban J connectivity index is 0.00000182. The summed E-state index contributed by atoms with van der Waals surface area (Å²) in [5, 5.41) is 15.2. The number of aromatic nitrogens is 3. The molecule has 0 aromatic carbocycles. The lowest BCUT2D eigenvalue weighted by molar-refractivity contribution is 0.315. The molecule has 2 bridgehead atoms.